The number of hydrogen-bond acceptors (Lipinski definition) is 1. The van der Waals surface area contributed by atoms with E-state index in [1.807, 2.05) is 44.4 Å². The van der Waals surface area contributed by atoms with E-state index in [1.54, 1.807) is 0 Å². The Balaban J connectivity index is 1.81. The quantitative estimate of drug-likeness (QED) is 0.650. The predicted octanol–water partition coefficient (Wildman–Crippen LogP) is 4.27. The van der Waals surface area contributed by atoms with Gasteiger partial charge in [-0.25, -0.2) is 0 Å². The van der Waals surface area contributed by atoms with E-state index >= 15 is 0 Å². The van der Waals surface area contributed by atoms with Crippen molar-refractivity contribution in [2.24, 2.45) is 7.05 Å². The molecule has 0 aliphatic rings. The summed E-state index contributed by atoms with van der Waals surface area (Å²) in [6.45, 7) is 2.01. The second-order valence-corrected chi connectivity index (χ2v) is 6.71. The van der Waals surface area contributed by atoms with Crippen LogP contribution in [-0.4, -0.2) is 10.5 Å². The third kappa shape index (κ3) is 3.02. The molecular formula is C18H17IN2O. The fourth-order valence-electron chi connectivity index (χ4n) is 2.70. The molecule has 0 aliphatic carbocycles. The van der Waals surface area contributed by atoms with Crippen molar-refractivity contribution in [1.29, 1.82) is 0 Å². The van der Waals surface area contributed by atoms with Gasteiger partial charge in [0.25, 0.3) is 0 Å². The standard InChI is InChI=1S/C18H17IN2O/c1-12-9-14(19)7-8-16(12)20-18(22)10-13-11-21(2)17-6-4-3-5-15(13)17/h3-9,11H,10H2,1-2H3,(H,20,22). The van der Waals surface area contributed by atoms with E-state index in [4.69, 9.17) is 0 Å². The number of aromatic nitrogens is 1. The summed E-state index contributed by atoms with van der Waals surface area (Å²) >= 11 is 2.27. The van der Waals surface area contributed by atoms with Gasteiger partial charge in [-0.3, -0.25) is 4.79 Å². The molecule has 0 fully saturated rings. The summed E-state index contributed by atoms with van der Waals surface area (Å²) < 4.78 is 3.23. The first-order valence-electron chi connectivity index (χ1n) is 7.13. The van der Waals surface area contributed by atoms with Crippen molar-refractivity contribution < 1.29 is 4.79 Å². The van der Waals surface area contributed by atoms with E-state index in [9.17, 15) is 4.79 Å². The van der Waals surface area contributed by atoms with Gasteiger partial charge in [-0.1, -0.05) is 18.2 Å². The lowest BCUT2D eigenvalue weighted by atomic mass is 10.1. The number of halogens is 1. The maximum absolute atomic E-state index is 12.3. The first-order valence-corrected chi connectivity index (χ1v) is 8.21. The maximum Gasteiger partial charge on any atom is 0.228 e. The Bertz CT molecular complexity index is 851. The number of anilines is 1. The first-order chi connectivity index (χ1) is 10.5. The third-order valence-electron chi connectivity index (χ3n) is 3.79. The number of benzene rings is 2. The fourth-order valence-corrected chi connectivity index (χ4v) is 3.35. The zero-order valence-corrected chi connectivity index (χ0v) is 14.7. The Kier molecular flexibility index (Phi) is 4.20. The Hall–Kier alpha value is -1.82. The van der Waals surface area contributed by atoms with Gasteiger partial charge in [0, 0.05) is 33.4 Å². The molecule has 1 amide bonds. The van der Waals surface area contributed by atoms with Crippen molar-refractivity contribution in [2.45, 2.75) is 13.3 Å². The molecule has 112 valence electrons. The summed E-state index contributed by atoms with van der Waals surface area (Å²) in [6, 6.07) is 14.2. The highest BCUT2D eigenvalue weighted by Crippen LogP contribution is 2.22. The number of hydrogen-bond donors (Lipinski definition) is 1. The van der Waals surface area contributed by atoms with Crippen LogP contribution >= 0.6 is 22.6 Å². The number of carbonyl (C=O) groups excluding carboxylic acids is 1. The lowest BCUT2D eigenvalue weighted by Gasteiger charge is -2.08. The summed E-state index contributed by atoms with van der Waals surface area (Å²) in [7, 11) is 2.01. The van der Waals surface area contributed by atoms with Crippen LogP contribution in [0.4, 0.5) is 5.69 Å². The van der Waals surface area contributed by atoms with E-state index in [2.05, 4.69) is 50.7 Å². The number of amides is 1. The van der Waals surface area contributed by atoms with Gasteiger partial charge in [-0.15, -0.1) is 0 Å². The van der Waals surface area contributed by atoms with Gasteiger partial charge >= 0.3 is 0 Å². The van der Waals surface area contributed by atoms with E-state index in [0.29, 0.717) is 6.42 Å². The number of rotatable bonds is 3. The minimum Gasteiger partial charge on any atom is -0.350 e. The average molecular weight is 404 g/mol. The zero-order chi connectivity index (χ0) is 15.7. The van der Waals surface area contributed by atoms with Gasteiger partial charge in [0.2, 0.25) is 5.91 Å². The van der Waals surface area contributed by atoms with Crippen LogP contribution in [0.1, 0.15) is 11.1 Å². The molecule has 0 atom stereocenters. The second kappa shape index (κ2) is 6.12. The summed E-state index contributed by atoms with van der Waals surface area (Å²) in [5, 5.41) is 4.15. The lowest BCUT2D eigenvalue weighted by Crippen LogP contribution is -2.15. The highest BCUT2D eigenvalue weighted by molar-refractivity contribution is 14.1. The van der Waals surface area contributed by atoms with Crippen molar-refractivity contribution in [2.75, 3.05) is 5.32 Å². The first kappa shape index (κ1) is 15.1. The fraction of sp³-hybridized carbons (Fsp3) is 0.167. The van der Waals surface area contributed by atoms with E-state index in [-0.39, 0.29) is 5.91 Å². The van der Waals surface area contributed by atoms with E-state index in [1.165, 1.54) is 3.57 Å². The average Bonchev–Trinajstić information content (AvgIpc) is 2.79. The number of carbonyl (C=O) groups is 1. The topological polar surface area (TPSA) is 34.0 Å². The Morgan fingerprint density at radius 2 is 2.00 bits per heavy atom. The monoisotopic (exact) mass is 404 g/mol. The molecule has 0 spiro atoms. The molecule has 0 saturated heterocycles. The summed E-state index contributed by atoms with van der Waals surface area (Å²) in [4.78, 5) is 12.3. The Morgan fingerprint density at radius 1 is 1.23 bits per heavy atom. The molecule has 0 aliphatic heterocycles. The molecule has 2 aromatic carbocycles. The van der Waals surface area contributed by atoms with Crippen molar-refractivity contribution in [1.82, 2.24) is 4.57 Å². The Labute approximate surface area is 143 Å². The van der Waals surface area contributed by atoms with Crippen LogP contribution in [0.2, 0.25) is 0 Å². The van der Waals surface area contributed by atoms with Crippen LogP contribution in [0.15, 0.2) is 48.7 Å². The van der Waals surface area contributed by atoms with E-state index in [0.717, 1.165) is 27.7 Å². The molecule has 0 unspecified atom stereocenters. The summed E-state index contributed by atoms with van der Waals surface area (Å²) in [5.74, 6) is 0.0145. The zero-order valence-electron chi connectivity index (χ0n) is 12.6. The molecule has 3 nitrogen and oxygen atoms in total. The lowest BCUT2D eigenvalue weighted by molar-refractivity contribution is -0.115. The molecule has 4 heteroatoms. The molecule has 1 heterocycles. The van der Waals surface area contributed by atoms with Crippen LogP contribution in [-0.2, 0) is 18.3 Å². The van der Waals surface area contributed by atoms with Crippen molar-refractivity contribution in [3.8, 4) is 0 Å². The van der Waals surface area contributed by atoms with Crippen LogP contribution in [0, 0.1) is 10.5 Å². The smallest absolute Gasteiger partial charge is 0.228 e. The number of fused-ring (bicyclic) bond motifs is 1. The molecule has 3 rings (SSSR count). The molecule has 22 heavy (non-hydrogen) atoms. The number of aryl methyl sites for hydroxylation is 2. The largest absolute Gasteiger partial charge is 0.350 e. The molecule has 0 saturated carbocycles. The summed E-state index contributed by atoms with van der Waals surface area (Å²) in [6.07, 6.45) is 2.41. The van der Waals surface area contributed by atoms with Gasteiger partial charge in [0.05, 0.1) is 6.42 Å². The molecular weight excluding hydrogens is 387 g/mol. The van der Waals surface area contributed by atoms with Gasteiger partial charge in [0.15, 0.2) is 0 Å². The SMILES string of the molecule is Cc1cc(I)ccc1NC(=O)Cc1cn(C)c2ccccc12. The predicted molar refractivity (Wildman–Crippen MR) is 99.1 cm³/mol. The highest BCUT2D eigenvalue weighted by atomic mass is 127. The van der Waals surface area contributed by atoms with E-state index < -0.39 is 0 Å². The molecule has 3 aromatic rings. The number of nitrogens with one attached hydrogen (secondary N) is 1. The summed E-state index contributed by atoms with van der Waals surface area (Å²) in [5.41, 5.74) is 4.17. The van der Waals surface area contributed by atoms with Crippen molar-refractivity contribution >= 4 is 45.1 Å². The molecule has 1 N–H and O–H groups in total. The van der Waals surface area contributed by atoms with Gasteiger partial charge in [-0.2, -0.15) is 0 Å². The van der Waals surface area contributed by atoms with Crippen LogP contribution in [0.3, 0.4) is 0 Å². The molecule has 0 bridgehead atoms. The highest BCUT2D eigenvalue weighted by Gasteiger charge is 2.11. The van der Waals surface area contributed by atoms with Gasteiger partial charge < -0.3 is 9.88 Å². The van der Waals surface area contributed by atoms with Crippen molar-refractivity contribution in [3.05, 3.63) is 63.4 Å². The minimum atomic E-state index is 0.0145. The number of para-hydroxylation sites is 1. The number of nitrogens with zero attached hydrogens (tertiary/aromatic N) is 1. The maximum atomic E-state index is 12.3. The van der Waals surface area contributed by atoms with Crippen molar-refractivity contribution in [3.63, 3.8) is 0 Å². The Morgan fingerprint density at radius 3 is 2.77 bits per heavy atom. The molecule has 0 radical (unpaired) electrons. The normalized spacial score (nSPS) is 10.9. The van der Waals surface area contributed by atoms with Gasteiger partial charge in [0.1, 0.15) is 0 Å². The third-order valence-corrected chi connectivity index (χ3v) is 4.46. The van der Waals surface area contributed by atoms with Crippen LogP contribution in [0.25, 0.3) is 10.9 Å². The molecule has 1 aromatic heterocycles. The van der Waals surface area contributed by atoms with Crippen LogP contribution < -0.4 is 5.32 Å². The minimum absolute atomic E-state index is 0.0145. The van der Waals surface area contributed by atoms with Gasteiger partial charge in [-0.05, 0) is 64.9 Å². The van der Waals surface area contributed by atoms with Crippen LogP contribution in [0.5, 0.6) is 0 Å². The second-order valence-electron chi connectivity index (χ2n) is 5.47.